The summed E-state index contributed by atoms with van der Waals surface area (Å²) in [5.74, 6) is -2.64. The maximum absolute atomic E-state index is 10.6. The van der Waals surface area contributed by atoms with Gasteiger partial charge in [-0.25, -0.2) is 0 Å². The third-order valence-electron chi connectivity index (χ3n) is 1.70. The first-order valence-corrected chi connectivity index (χ1v) is 6.34. The van der Waals surface area contributed by atoms with Gasteiger partial charge in [0.05, 0.1) is 0 Å². The van der Waals surface area contributed by atoms with Crippen LogP contribution in [0.4, 0.5) is 0 Å². The second-order valence-electron chi connectivity index (χ2n) is 2.67. The Kier molecular flexibility index (Phi) is 2.26. The molecule has 0 bridgehead atoms. The van der Waals surface area contributed by atoms with Crippen molar-refractivity contribution < 1.29 is 28.7 Å². The minimum Gasteiger partial charge on any atom is -0.323 e. The second kappa shape index (κ2) is 2.62. The van der Waals surface area contributed by atoms with Crippen molar-refractivity contribution in [3.8, 4) is 0 Å². The van der Waals surface area contributed by atoms with Gasteiger partial charge in [0.2, 0.25) is 0 Å². The molecule has 2 unspecified atom stereocenters. The maximum atomic E-state index is 10.6. The Bertz CT molecular complexity index is 251. The lowest BCUT2D eigenvalue weighted by Crippen LogP contribution is -1.95. The van der Waals surface area contributed by atoms with E-state index in [0.29, 0.717) is 0 Å². The van der Waals surface area contributed by atoms with E-state index >= 15 is 0 Å². The van der Waals surface area contributed by atoms with Gasteiger partial charge < -0.3 is 19.6 Å². The number of likely N-dealkylation sites (N-methyl/N-ethyl adjacent to an activating group) is 1. The lowest BCUT2D eigenvalue weighted by Gasteiger charge is -2.00. The topological polar surface area (TPSA) is 118 Å². The van der Waals surface area contributed by atoms with Gasteiger partial charge in [0, 0.05) is 0 Å². The monoisotopic (exact) mass is 217 g/mol. The molecule has 1 heterocycles. The molecule has 1 aliphatic heterocycles. The normalized spacial score (nSPS) is 36.6. The summed E-state index contributed by atoms with van der Waals surface area (Å²) in [4.78, 5) is 35.3. The van der Waals surface area contributed by atoms with Crippen molar-refractivity contribution in [1.82, 2.24) is 4.90 Å². The largest absolute Gasteiger partial charge is 0.344 e. The zero-order valence-corrected chi connectivity index (χ0v) is 7.89. The van der Waals surface area contributed by atoms with Crippen molar-refractivity contribution in [1.29, 1.82) is 0 Å². The molecule has 1 fully saturated rings. The van der Waals surface area contributed by atoms with Crippen molar-refractivity contribution in [2.24, 2.45) is 0 Å². The summed E-state index contributed by atoms with van der Waals surface area (Å²) in [6.45, 7) is 0. The summed E-state index contributed by atoms with van der Waals surface area (Å²) >= 11 is 0. The van der Waals surface area contributed by atoms with Crippen LogP contribution in [0.5, 0.6) is 0 Å². The van der Waals surface area contributed by atoms with E-state index in [1.165, 1.54) is 7.05 Å². The van der Waals surface area contributed by atoms with Gasteiger partial charge in [-0.15, -0.1) is 0 Å². The molecule has 0 aliphatic carbocycles. The molecule has 0 saturated carbocycles. The standard InChI is InChI=1S/C3H9NO6P2/c1-4-2(11(5,6)7)3(4)12(8,9)10/h2-3H,1H3,(H2,5,6,7)(H2,8,9,10). The molecule has 0 radical (unpaired) electrons. The van der Waals surface area contributed by atoms with Crippen molar-refractivity contribution >= 4 is 15.2 Å². The van der Waals surface area contributed by atoms with Gasteiger partial charge in [-0.1, -0.05) is 0 Å². The van der Waals surface area contributed by atoms with E-state index in [9.17, 15) is 9.13 Å². The van der Waals surface area contributed by atoms with Crippen LogP contribution in [-0.2, 0) is 9.13 Å². The molecule has 0 spiro atoms. The van der Waals surface area contributed by atoms with Crippen LogP contribution in [-0.4, -0.2) is 43.1 Å². The molecule has 2 atom stereocenters. The Morgan fingerprint density at radius 3 is 1.33 bits per heavy atom. The van der Waals surface area contributed by atoms with E-state index in [4.69, 9.17) is 19.6 Å². The highest BCUT2D eigenvalue weighted by atomic mass is 31.2. The smallest absolute Gasteiger partial charge is 0.323 e. The van der Waals surface area contributed by atoms with Crippen molar-refractivity contribution in [2.75, 3.05) is 7.05 Å². The van der Waals surface area contributed by atoms with Gasteiger partial charge in [0.15, 0.2) is 0 Å². The van der Waals surface area contributed by atoms with Gasteiger partial charge in [0.25, 0.3) is 0 Å². The Morgan fingerprint density at radius 2 is 1.25 bits per heavy atom. The van der Waals surface area contributed by atoms with E-state index in [1.54, 1.807) is 0 Å². The summed E-state index contributed by atoms with van der Waals surface area (Å²) in [5, 5.41) is 0. The molecule has 1 saturated heterocycles. The SMILES string of the molecule is CN1C(P(=O)(O)O)C1P(=O)(O)O. The minimum atomic E-state index is -4.40. The highest BCUT2D eigenvalue weighted by molar-refractivity contribution is 7.58. The van der Waals surface area contributed by atoms with Crippen LogP contribution in [0.2, 0.25) is 0 Å². The Morgan fingerprint density at radius 1 is 1.00 bits per heavy atom. The maximum Gasteiger partial charge on any atom is 0.344 e. The van der Waals surface area contributed by atoms with E-state index < -0.39 is 26.8 Å². The predicted molar refractivity (Wildman–Crippen MR) is 39.4 cm³/mol. The van der Waals surface area contributed by atoms with Crippen LogP contribution in [0, 0.1) is 0 Å². The lowest BCUT2D eigenvalue weighted by molar-refractivity contribution is 0.359. The number of rotatable bonds is 2. The first kappa shape index (κ1) is 10.3. The summed E-state index contributed by atoms with van der Waals surface area (Å²) in [7, 11) is -7.55. The van der Waals surface area contributed by atoms with Crippen LogP contribution in [0.3, 0.4) is 0 Å². The Balaban J connectivity index is 2.80. The zero-order valence-electron chi connectivity index (χ0n) is 6.10. The molecule has 4 N–H and O–H groups in total. The van der Waals surface area contributed by atoms with E-state index in [2.05, 4.69) is 0 Å². The number of nitrogens with zero attached hydrogens (tertiary/aromatic N) is 1. The third-order valence-corrected chi connectivity index (χ3v) is 4.61. The second-order valence-corrected chi connectivity index (χ2v) is 6.09. The van der Waals surface area contributed by atoms with Crippen LogP contribution in [0.25, 0.3) is 0 Å². The van der Waals surface area contributed by atoms with Gasteiger partial charge in [0.1, 0.15) is 11.6 Å². The summed E-state index contributed by atoms with van der Waals surface area (Å²) in [5.41, 5.74) is 0. The average molecular weight is 217 g/mol. The van der Waals surface area contributed by atoms with Crippen LogP contribution in [0.1, 0.15) is 0 Å². The van der Waals surface area contributed by atoms with Crippen molar-refractivity contribution in [3.05, 3.63) is 0 Å². The van der Waals surface area contributed by atoms with Gasteiger partial charge in [-0.05, 0) is 7.05 Å². The van der Waals surface area contributed by atoms with E-state index in [1.807, 2.05) is 0 Å². The molecular weight excluding hydrogens is 208 g/mol. The van der Waals surface area contributed by atoms with Gasteiger partial charge in [-0.2, -0.15) is 0 Å². The summed E-state index contributed by atoms with van der Waals surface area (Å²) < 4.78 is 21.1. The number of hydrogen-bond donors (Lipinski definition) is 4. The summed E-state index contributed by atoms with van der Waals surface area (Å²) in [6.07, 6.45) is 0. The highest BCUT2D eigenvalue weighted by Crippen LogP contribution is 2.65. The zero-order chi connectivity index (χ0) is 9.73. The number of hydrogen-bond acceptors (Lipinski definition) is 3. The predicted octanol–water partition coefficient (Wildman–Crippen LogP) is -1.06. The summed E-state index contributed by atoms with van der Waals surface area (Å²) in [6, 6.07) is 0. The molecule has 72 valence electrons. The molecular formula is C3H9NO6P2. The fourth-order valence-electron chi connectivity index (χ4n) is 1.13. The Labute approximate surface area is 68.3 Å². The van der Waals surface area contributed by atoms with Crippen LogP contribution < -0.4 is 0 Å². The molecule has 7 nitrogen and oxygen atoms in total. The molecule has 1 rings (SSSR count). The van der Waals surface area contributed by atoms with Crippen molar-refractivity contribution in [2.45, 2.75) is 11.6 Å². The van der Waals surface area contributed by atoms with E-state index in [-0.39, 0.29) is 0 Å². The minimum absolute atomic E-state index is 0.974. The molecule has 0 amide bonds. The highest BCUT2D eigenvalue weighted by Gasteiger charge is 2.63. The lowest BCUT2D eigenvalue weighted by atomic mass is 11.0. The fraction of sp³-hybridized carbons (Fsp3) is 1.00. The molecule has 9 heteroatoms. The first-order valence-electron chi connectivity index (χ1n) is 2.98. The van der Waals surface area contributed by atoms with Gasteiger partial charge >= 0.3 is 15.2 Å². The molecule has 0 aromatic heterocycles. The molecule has 0 aromatic rings. The van der Waals surface area contributed by atoms with E-state index in [0.717, 1.165) is 4.90 Å². The molecule has 1 aliphatic rings. The first-order chi connectivity index (χ1) is 5.15. The third kappa shape index (κ3) is 1.78. The average Bonchev–Trinajstić information content (AvgIpc) is 2.35. The fourth-order valence-corrected chi connectivity index (χ4v) is 4.47. The molecule has 0 aromatic carbocycles. The van der Waals surface area contributed by atoms with Crippen LogP contribution in [0.15, 0.2) is 0 Å². The Hall–Kier alpha value is 0.260. The van der Waals surface area contributed by atoms with Gasteiger partial charge in [-0.3, -0.25) is 14.0 Å². The van der Waals surface area contributed by atoms with Crippen LogP contribution >= 0.6 is 15.2 Å². The van der Waals surface area contributed by atoms with Crippen molar-refractivity contribution in [3.63, 3.8) is 0 Å². The quantitative estimate of drug-likeness (QED) is 0.344. The molecule has 12 heavy (non-hydrogen) atoms.